The average molecular weight is 423 g/mol. The Hall–Kier alpha value is -2.59. The molecule has 158 valence electrons. The zero-order chi connectivity index (χ0) is 21.2. The number of aliphatic carboxylic acids is 1. The number of hydrogen-bond acceptors (Lipinski definition) is 8. The van der Waals surface area contributed by atoms with Gasteiger partial charge in [0.25, 0.3) is 5.97 Å². The first-order valence-electron chi connectivity index (χ1n) is 9.20. The molecule has 2 aromatic heterocycles. The third kappa shape index (κ3) is 6.75. The number of nitrogens with one attached hydrogen (secondary N) is 1. The number of carboxylic acid groups (broad SMARTS) is 1. The van der Waals surface area contributed by atoms with Gasteiger partial charge < -0.3 is 24.1 Å². The molecule has 2 N–H and O–H groups in total. The Morgan fingerprint density at radius 1 is 1.41 bits per heavy atom. The predicted octanol–water partition coefficient (Wildman–Crippen LogP) is 2.69. The lowest BCUT2D eigenvalue weighted by atomic mass is 9.97. The number of thioether (sulfide) groups is 1. The summed E-state index contributed by atoms with van der Waals surface area (Å²) in [7, 11) is 1.33. The summed E-state index contributed by atoms with van der Waals surface area (Å²) in [5.41, 5.74) is 0. The van der Waals surface area contributed by atoms with Crippen LogP contribution in [-0.2, 0) is 21.8 Å². The van der Waals surface area contributed by atoms with Gasteiger partial charge in [-0.05, 0) is 38.1 Å². The van der Waals surface area contributed by atoms with E-state index in [4.69, 9.17) is 14.3 Å². The zero-order valence-corrected chi connectivity index (χ0v) is 17.4. The molecule has 2 aromatic rings. The molecule has 0 bridgehead atoms. The lowest BCUT2D eigenvalue weighted by Crippen LogP contribution is -2.28. The minimum absolute atomic E-state index is 0.209. The lowest BCUT2D eigenvalue weighted by molar-refractivity contribution is -0.134. The maximum absolute atomic E-state index is 11.5. The van der Waals surface area contributed by atoms with Crippen LogP contribution in [0.15, 0.2) is 34.4 Å². The Morgan fingerprint density at radius 3 is 2.72 bits per heavy atom. The standard InChI is InChI=1S/C17H22N4O3S.C2H4O2/c1-3-10-21-15(12-6-8-18-9-7-12)19-20-17(21)25-11-13-4-5-14(24-13)16(22)23-2;1-2(3)4/h3-5,12,18H,1,6-11H2,2H3;1H3,(H,3,4). The molecule has 0 aromatic carbocycles. The molecule has 1 fully saturated rings. The molecule has 1 aliphatic rings. The van der Waals surface area contributed by atoms with Crippen LogP contribution in [0, 0.1) is 0 Å². The van der Waals surface area contributed by atoms with Gasteiger partial charge in [0.2, 0.25) is 5.76 Å². The summed E-state index contributed by atoms with van der Waals surface area (Å²) in [5, 5.41) is 20.4. The number of aromatic nitrogens is 3. The molecule has 29 heavy (non-hydrogen) atoms. The van der Waals surface area contributed by atoms with Gasteiger partial charge in [-0.3, -0.25) is 4.79 Å². The number of ether oxygens (including phenoxy) is 1. The minimum atomic E-state index is -0.833. The quantitative estimate of drug-likeness (QED) is 0.394. The van der Waals surface area contributed by atoms with E-state index < -0.39 is 11.9 Å². The van der Waals surface area contributed by atoms with E-state index in [9.17, 15) is 4.79 Å². The normalized spacial score (nSPS) is 14.0. The highest BCUT2D eigenvalue weighted by Crippen LogP contribution is 2.29. The molecule has 3 rings (SSSR count). The van der Waals surface area contributed by atoms with Crippen LogP contribution in [0.1, 0.15) is 47.8 Å². The number of methoxy groups -OCH3 is 1. The molecule has 0 unspecified atom stereocenters. The van der Waals surface area contributed by atoms with Crippen LogP contribution in [0.4, 0.5) is 0 Å². The Labute approximate surface area is 173 Å². The average Bonchev–Trinajstić information content (AvgIpc) is 3.33. The first kappa shape index (κ1) is 22.7. The zero-order valence-electron chi connectivity index (χ0n) is 16.6. The van der Waals surface area contributed by atoms with E-state index in [1.807, 2.05) is 6.08 Å². The van der Waals surface area contributed by atoms with Crippen LogP contribution < -0.4 is 5.32 Å². The first-order valence-corrected chi connectivity index (χ1v) is 10.2. The van der Waals surface area contributed by atoms with Gasteiger partial charge in [-0.1, -0.05) is 17.8 Å². The highest BCUT2D eigenvalue weighted by Gasteiger charge is 2.23. The van der Waals surface area contributed by atoms with Gasteiger partial charge in [0.1, 0.15) is 11.6 Å². The molecule has 0 saturated carbocycles. The Balaban J connectivity index is 0.000000687. The highest BCUT2D eigenvalue weighted by atomic mass is 32.2. The number of hydrogen-bond donors (Lipinski definition) is 2. The van der Waals surface area contributed by atoms with Gasteiger partial charge in [0.15, 0.2) is 5.16 Å². The van der Waals surface area contributed by atoms with Crippen molar-refractivity contribution in [2.24, 2.45) is 0 Å². The summed E-state index contributed by atoms with van der Waals surface area (Å²) in [6.45, 7) is 7.63. The summed E-state index contributed by atoms with van der Waals surface area (Å²) in [6.07, 6.45) is 4.00. The van der Waals surface area contributed by atoms with Crippen molar-refractivity contribution in [3.63, 3.8) is 0 Å². The monoisotopic (exact) mass is 422 g/mol. The van der Waals surface area contributed by atoms with Crippen molar-refractivity contribution >= 4 is 23.7 Å². The van der Waals surface area contributed by atoms with Crippen LogP contribution in [0.3, 0.4) is 0 Å². The van der Waals surface area contributed by atoms with Gasteiger partial charge in [-0.15, -0.1) is 16.8 Å². The molecule has 1 aliphatic heterocycles. The smallest absolute Gasteiger partial charge is 0.373 e. The van der Waals surface area contributed by atoms with Gasteiger partial charge in [-0.2, -0.15) is 0 Å². The number of rotatable bonds is 7. The molecular formula is C19H26N4O5S. The fourth-order valence-corrected chi connectivity index (χ4v) is 3.74. The first-order chi connectivity index (χ1) is 14.0. The van der Waals surface area contributed by atoms with Crippen LogP contribution in [0.2, 0.25) is 0 Å². The summed E-state index contributed by atoms with van der Waals surface area (Å²) >= 11 is 1.54. The van der Waals surface area contributed by atoms with Crippen molar-refractivity contribution in [3.05, 3.63) is 42.1 Å². The molecule has 0 radical (unpaired) electrons. The van der Waals surface area contributed by atoms with Crippen molar-refractivity contribution in [2.45, 2.75) is 43.1 Å². The van der Waals surface area contributed by atoms with E-state index in [2.05, 4.69) is 31.4 Å². The van der Waals surface area contributed by atoms with Crippen molar-refractivity contribution < 1.29 is 23.8 Å². The number of nitrogens with zero attached hydrogens (tertiary/aromatic N) is 3. The van der Waals surface area contributed by atoms with Crippen LogP contribution >= 0.6 is 11.8 Å². The fourth-order valence-electron chi connectivity index (χ4n) is 2.89. The number of carboxylic acids is 1. The second-order valence-corrected chi connectivity index (χ2v) is 7.27. The summed E-state index contributed by atoms with van der Waals surface area (Å²) in [5.74, 6) is 1.62. The third-order valence-electron chi connectivity index (χ3n) is 4.15. The summed E-state index contributed by atoms with van der Waals surface area (Å²) in [4.78, 5) is 20.5. The van der Waals surface area contributed by atoms with Crippen LogP contribution in [0.25, 0.3) is 0 Å². The number of esters is 1. The van der Waals surface area contributed by atoms with Crippen molar-refractivity contribution in [3.8, 4) is 0 Å². The van der Waals surface area contributed by atoms with Gasteiger partial charge >= 0.3 is 5.97 Å². The number of carbonyl (C=O) groups excluding carboxylic acids is 1. The third-order valence-corrected chi connectivity index (χ3v) is 5.14. The molecule has 3 heterocycles. The molecular weight excluding hydrogens is 396 g/mol. The number of piperidine rings is 1. The number of carbonyl (C=O) groups is 2. The van der Waals surface area contributed by atoms with E-state index in [0.29, 0.717) is 24.0 Å². The van der Waals surface area contributed by atoms with Crippen LogP contribution in [-0.4, -0.2) is 52.0 Å². The minimum Gasteiger partial charge on any atom is -0.481 e. The molecule has 0 atom stereocenters. The lowest BCUT2D eigenvalue weighted by Gasteiger charge is -2.22. The fraction of sp³-hybridized carbons (Fsp3) is 0.474. The molecule has 0 spiro atoms. The molecule has 1 saturated heterocycles. The molecule has 0 aliphatic carbocycles. The SMILES string of the molecule is C=CCn1c(SCc2ccc(C(=O)OC)o2)nnc1C1CCNCC1.CC(=O)O. The Kier molecular flexibility index (Phi) is 8.94. The Bertz CT molecular complexity index is 822. The topological polar surface area (TPSA) is 119 Å². The van der Waals surface area contributed by atoms with E-state index in [1.54, 1.807) is 12.1 Å². The van der Waals surface area contributed by atoms with Crippen molar-refractivity contribution in [1.29, 1.82) is 0 Å². The maximum Gasteiger partial charge on any atom is 0.373 e. The van der Waals surface area contributed by atoms with Crippen molar-refractivity contribution in [1.82, 2.24) is 20.1 Å². The van der Waals surface area contributed by atoms with Crippen molar-refractivity contribution in [2.75, 3.05) is 20.2 Å². The predicted molar refractivity (Wildman–Crippen MR) is 108 cm³/mol. The van der Waals surface area contributed by atoms with Gasteiger partial charge in [0, 0.05) is 19.4 Å². The van der Waals surface area contributed by atoms with Gasteiger partial charge in [-0.25, -0.2) is 4.79 Å². The maximum atomic E-state index is 11.5. The van der Waals surface area contributed by atoms with Gasteiger partial charge in [0.05, 0.1) is 12.9 Å². The second-order valence-electron chi connectivity index (χ2n) is 6.33. The molecule has 9 nitrogen and oxygen atoms in total. The summed E-state index contributed by atoms with van der Waals surface area (Å²) < 4.78 is 12.3. The largest absolute Gasteiger partial charge is 0.481 e. The Morgan fingerprint density at radius 2 is 2.10 bits per heavy atom. The van der Waals surface area contributed by atoms with E-state index in [0.717, 1.165) is 43.8 Å². The van der Waals surface area contributed by atoms with Crippen LogP contribution in [0.5, 0.6) is 0 Å². The molecule has 0 amide bonds. The number of allylic oxidation sites excluding steroid dienone is 1. The van der Waals surface area contributed by atoms with E-state index in [-0.39, 0.29) is 5.76 Å². The summed E-state index contributed by atoms with van der Waals surface area (Å²) in [6, 6.07) is 3.40. The number of furan rings is 1. The van der Waals surface area contributed by atoms with E-state index in [1.165, 1.54) is 18.9 Å². The molecule has 10 heteroatoms. The van der Waals surface area contributed by atoms with E-state index >= 15 is 0 Å². The highest BCUT2D eigenvalue weighted by molar-refractivity contribution is 7.98. The second kappa shape index (κ2) is 11.4.